The van der Waals surface area contributed by atoms with E-state index in [0.29, 0.717) is 0 Å². The zero-order chi connectivity index (χ0) is 7.68. The van der Waals surface area contributed by atoms with Crippen LogP contribution in [-0.2, 0) is 6.54 Å². The molecule has 1 fully saturated rings. The molecule has 0 N–H and O–H groups in total. The summed E-state index contributed by atoms with van der Waals surface area (Å²) >= 11 is 0. The van der Waals surface area contributed by atoms with Crippen molar-refractivity contribution in [2.45, 2.75) is 32.7 Å². The van der Waals surface area contributed by atoms with E-state index in [1.54, 1.807) is 0 Å². The van der Waals surface area contributed by atoms with Crippen molar-refractivity contribution in [2.24, 2.45) is 5.92 Å². The molecule has 1 heterocycles. The molecule has 0 spiro atoms. The Morgan fingerprint density at radius 1 is 1.64 bits per heavy atom. The summed E-state index contributed by atoms with van der Waals surface area (Å²) in [5.74, 6) is 1.01. The van der Waals surface area contributed by atoms with Gasteiger partial charge in [-0.25, -0.2) is 0 Å². The van der Waals surface area contributed by atoms with Gasteiger partial charge in [0.2, 0.25) is 0 Å². The minimum Gasteiger partial charge on any atom is -0.272 e. The fraction of sp³-hybridized carbons (Fsp3) is 0.667. The molecule has 1 saturated carbocycles. The van der Waals surface area contributed by atoms with E-state index in [9.17, 15) is 0 Å². The van der Waals surface area contributed by atoms with E-state index in [0.717, 1.165) is 12.5 Å². The molecule has 2 nitrogen and oxygen atoms in total. The average Bonchev–Trinajstić information content (AvgIpc) is 2.72. The first kappa shape index (κ1) is 6.89. The Kier molecular flexibility index (Phi) is 1.68. The highest BCUT2D eigenvalue weighted by molar-refractivity contribution is 4.99. The zero-order valence-corrected chi connectivity index (χ0v) is 6.95. The minimum atomic E-state index is 1.01. The number of nitrogens with zero attached hydrogens (tertiary/aromatic N) is 2. The molecule has 0 radical (unpaired) electrons. The molecule has 2 rings (SSSR count). The van der Waals surface area contributed by atoms with Gasteiger partial charge in [-0.3, -0.25) is 4.68 Å². The molecular weight excluding hydrogens is 136 g/mol. The Morgan fingerprint density at radius 3 is 3.00 bits per heavy atom. The Bertz CT molecular complexity index is 235. The fourth-order valence-corrected chi connectivity index (χ4v) is 1.31. The summed E-state index contributed by atoms with van der Waals surface area (Å²) in [6, 6.07) is 0. The van der Waals surface area contributed by atoms with E-state index in [2.05, 4.69) is 18.2 Å². The lowest BCUT2D eigenvalue weighted by atomic mass is 10.3. The van der Waals surface area contributed by atoms with Crippen molar-refractivity contribution < 1.29 is 0 Å². The highest BCUT2D eigenvalue weighted by Crippen LogP contribution is 2.32. The third kappa shape index (κ3) is 1.82. The van der Waals surface area contributed by atoms with E-state index in [1.807, 2.05) is 10.9 Å². The molecule has 1 aromatic heterocycles. The van der Waals surface area contributed by atoms with Gasteiger partial charge in [0.15, 0.2) is 0 Å². The molecule has 11 heavy (non-hydrogen) atoms. The van der Waals surface area contributed by atoms with Crippen LogP contribution < -0.4 is 0 Å². The van der Waals surface area contributed by atoms with E-state index >= 15 is 0 Å². The normalized spacial score (nSPS) is 17.2. The predicted octanol–water partition coefficient (Wildman–Crippen LogP) is 1.99. The van der Waals surface area contributed by atoms with Gasteiger partial charge in [-0.1, -0.05) is 12.8 Å². The Balaban J connectivity index is 1.85. The molecule has 60 valence electrons. The highest BCUT2D eigenvalue weighted by Gasteiger charge is 2.20. The maximum Gasteiger partial charge on any atom is 0.0518 e. The second kappa shape index (κ2) is 2.68. The Labute approximate surface area is 67.2 Å². The molecule has 1 aromatic rings. The molecule has 0 unspecified atom stereocenters. The van der Waals surface area contributed by atoms with Gasteiger partial charge in [0.25, 0.3) is 0 Å². The molecule has 0 atom stereocenters. The number of aromatic nitrogens is 2. The van der Waals surface area contributed by atoms with Crippen LogP contribution in [0, 0.1) is 12.8 Å². The van der Waals surface area contributed by atoms with Crippen molar-refractivity contribution in [2.75, 3.05) is 0 Å². The molecule has 0 bridgehead atoms. The zero-order valence-electron chi connectivity index (χ0n) is 6.95. The summed E-state index contributed by atoms with van der Waals surface area (Å²) in [6.45, 7) is 3.19. The number of rotatable bonds is 3. The molecule has 0 amide bonds. The van der Waals surface area contributed by atoms with Crippen LogP contribution in [0.15, 0.2) is 12.4 Å². The number of hydrogen-bond acceptors (Lipinski definition) is 1. The van der Waals surface area contributed by atoms with Gasteiger partial charge in [-0.15, -0.1) is 0 Å². The van der Waals surface area contributed by atoms with E-state index in [4.69, 9.17) is 0 Å². The Hall–Kier alpha value is -0.790. The first-order valence-corrected chi connectivity index (χ1v) is 4.33. The molecule has 1 aliphatic rings. The SMILES string of the molecule is Cc1cnn(CCC2CC2)c1. The van der Waals surface area contributed by atoms with Crippen molar-refractivity contribution in [3.63, 3.8) is 0 Å². The molecule has 0 aromatic carbocycles. The molecular formula is C9H14N2. The van der Waals surface area contributed by atoms with Gasteiger partial charge in [0, 0.05) is 12.7 Å². The van der Waals surface area contributed by atoms with Gasteiger partial charge >= 0.3 is 0 Å². The van der Waals surface area contributed by atoms with Crippen molar-refractivity contribution in [1.82, 2.24) is 9.78 Å². The van der Waals surface area contributed by atoms with Gasteiger partial charge < -0.3 is 0 Å². The molecule has 2 heteroatoms. The van der Waals surface area contributed by atoms with E-state index in [-0.39, 0.29) is 0 Å². The van der Waals surface area contributed by atoms with E-state index < -0.39 is 0 Å². The second-order valence-corrected chi connectivity index (χ2v) is 3.51. The van der Waals surface area contributed by atoms with E-state index in [1.165, 1.54) is 24.8 Å². The average molecular weight is 150 g/mol. The quantitative estimate of drug-likeness (QED) is 0.644. The first-order valence-electron chi connectivity index (χ1n) is 4.33. The van der Waals surface area contributed by atoms with Crippen LogP contribution in [0.5, 0.6) is 0 Å². The summed E-state index contributed by atoms with van der Waals surface area (Å²) in [7, 11) is 0. The van der Waals surface area contributed by atoms with Gasteiger partial charge in [-0.05, 0) is 24.8 Å². The third-order valence-electron chi connectivity index (χ3n) is 2.23. The maximum atomic E-state index is 4.23. The van der Waals surface area contributed by atoms with Crippen molar-refractivity contribution >= 4 is 0 Å². The summed E-state index contributed by atoms with van der Waals surface area (Å²) in [4.78, 5) is 0. The summed E-state index contributed by atoms with van der Waals surface area (Å²) < 4.78 is 2.05. The largest absolute Gasteiger partial charge is 0.272 e. The topological polar surface area (TPSA) is 17.8 Å². The smallest absolute Gasteiger partial charge is 0.0518 e. The second-order valence-electron chi connectivity index (χ2n) is 3.51. The minimum absolute atomic E-state index is 1.01. The fourth-order valence-electron chi connectivity index (χ4n) is 1.31. The molecule has 0 saturated heterocycles. The predicted molar refractivity (Wildman–Crippen MR) is 44.3 cm³/mol. The number of hydrogen-bond donors (Lipinski definition) is 0. The first-order chi connectivity index (χ1) is 5.34. The van der Waals surface area contributed by atoms with Gasteiger partial charge in [0.1, 0.15) is 0 Å². The van der Waals surface area contributed by atoms with Crippen LogP contribution in [0.2, 0.25) is 0 Å². The van der Waals surface area contributed by atoms with Crippen LogP contribution in [0.25, 0.3) is 0 Å². The van der Waals surface area contributed by atoms with Crippen molar-refractivity contribution in [1.29, 1.82) is 0 Å². The van der Waals surface area contributed by atoms with Crippen LogP contribution in [-0.4, -0.2) is 9.78 Å². The maximum absolute atomic E-state index is 4.23. The van der Waals surface area contributed by atoms with Crippen molar-refractivity contribution in [3.8, 4) is 0 Å². The molecule has 1 aliphatic carbocycles. The summed E-state index contributed by atoms with van der Waals surface area (Å²) in [5.41, 5.74) is 1.26. The van der Waals surface area contributed by atoms with Crippen LogP contribution in [0.1, 0.15) is 24.8 Å². The summed E-state index contributed by atoms with van der Waals surface area (Å²) in [5, 5.41) is 4.23. The van der Waals surface area contributed by atoms with Crippen LogP contribution in [0.3, 0.4) is 0 Å². The highest BCUT2D eigenvalue weighted by atomic mass is 15.3. The van der Waals surface area contributed by atoms with Crippen LogP contribution >= 0.6 is 0 Å². The Morgan fingerprint density at radius 2 is 2.45 bits per heavy atom. The van der Waals surface area contributed by atoms with Crippen LogP contribution in [0.4, 0.5) is 0 Å². The monoisotopic (exact) mass is 150 g/mol. The van der Waals surface area contributed by atoms with Gasteiger partial charge in [-0.2, -0.15) is 5.10 Å². The van der Waals surface area contributed by atoms with Gasteiger partial charge in [0.05, 0.1) is 6.20 Å². The van der Waals surface area contributed by atoms with Crippen molar-refractivity contribution in [3.05, 3.63) is 18.0 Å². The lowest BCUT2D eigenvalue weighted by molar-refractivity contribution is 0.546. The lowest BCUT2D eigenvalue weighted by Gasteiger charge is -1.97. The standard InChI is InChI=1S/C9H14N2/c1-8-6-10-11(7-8)5-4-9-2-3-9/h6-7,9H,2-5H2,1H3. The summed E-state index contributed by atoms with van der Waals surface area (Å²) in [6.07, 6.45) is 8.25. The molecule has 0 aliphatic heterocycles. The third-order valence-corrected chi connectivity index (χ3v) is 2.23. The lowest BCUT2D eigenvalue weighted by Crippen LogP contribution is -1.98. The number of aryl methyl sites for hydroxylation is 2.